The van der Waals surface area contributed by atoms with Crippen LogP contribution in [-0.2, 0) is 33.0 Å². The average Bonchev–Trinajstić information content (AvgIpc) is 3.88. The normalized spacial score (nSPS) is 22.4. The smallest absolute Gasteiger partial charge is 0.269 e. The van der Waals surface area contributed by atoms with E-state index >= 15 is 0 Å². The number of carbonyl (C=O) groups excluding carboxylic acids is 2. The predicted octanol–water partition coefficient (Wildman–Crippen LogP) is 6.28. The Morgan fingerprint density at radius 2 is 1.69 bits per heavy atom. The van der Waals surface area contributed by atoms with Gasteiger partial charge in [0.05, 0.1) is 52.9 Å². The van der Waals surface area contributed by atoms with Gasteiger partial charge < -0.3 is 19.5 Å². The molecule has 4 aromatic carbocycles. The van der Waals surface area contributed by atoms with E-state index in [0.717, 1.165) is 22.4 Å². The summed E-state index contributed by atoms with van der Waals surface area (Å²) in [7, 11) is -3.03. The van der Waals surface area contributed by atoms with Crippen LogP contribution in [0, 0.1) is 16.0 Å². The summed E-state index contributed by atoms with van der Waals surface area (Å²) in [5.41, 5.74) is 3.42. The lowest BCUT2D eigenvalue weighted by molar-refractivity contribution is -0.385. The van der Waals surface area contributed by atoms with Gasteiger partial charge in [0.2, 0.25) is 5.91 Å². The number of hydrogen-bond donors (Lipinski definition) is 2. The SMILES string of the molecule is C[C@H]1[C@H]([Si](C)(C)O)[C@@H](CCn2cc(C(CO)c3ccccc3)nn2)O[C@]12C(=O)N(Cc1ccc(N3N=C(c4ccccc4)CCC3=O)cc1)c1ccc([N+](=O)[O-])cc12. The van der Waals surface area contributed by atoms with Crippen molar-refractivity contribution < 1.29 is 29.2 Å². The molecule has 1 saturated heterocycles. The number of nitro benzene ring substituents is 1. The highest BCUT2D eigenvalue weighted by Crippen LogP contribution is 2.60. The summed E-state index contributed by atoms with van der Waals surface area (Å²) >= 11 is 0. The van der Waals surface area contributed by atoms with E-state index in [0.29, 0.717) is 48.4 Å². The summed E-state index contributed by atoms with van der Waals surface area (Å²) in [6.45, 7) is 5.91. The number of non-ortho nitro benzene ring substituents is 1. The van der Waals surface area contributed by atoms with E-state index < -0.39 is 36.4 Å². The van der Waals surface area contributed by atoms with Gasteiger partial charge in [0, 0.05) is 54.7 Å². The number of aromatic nitrogens is 3. The van der Waals surface area contributed by atoms with Gasteiger partial charge in [0.15, 0.2) is 13.9 Å². The maximum Gasteiger partial charge on any atom is 0.269 e. The monoisotopic (exact) mass is 799 g/mol. The van der Waals surface area contributed by atoms with Crippen LogP contribution in [0.15, 0.2) is 114 Å². The van der Waals surface area contributed by atoms with Crippen LogP contribution in [0.3, 0.4) is 0 Å². The maximum atomic E-state index is 15.0. The zero-order valence-corrected chi connectivity index (χ0v) is 33.5. The summed E-state index contributed by atoms with van der Waals surface area (Å²) in [5.74, 6) is -1.35. The average molecular weight is 800 g/mol. The number of carbonyl (C=O) groups is 2. The molecule has 1 aromatic heterocycles. The minimum atomic E-state index is -3.03. The first kappa shape index (κ1) is 39.0. The zero-order valence-electron chi connectivity index (χ0n) is 32.5. The fraction of sp³-hybridized carbons (Fsp3) is 0.326. The van der Waals surface area contributed by atoms with Crippen molar-refractivity contribution in [3.63, 3.8) is 0 Å². The number of nitro groups is 1. The zero-order chi connectivity index (χ0) is 40.8. The number of aliphatic hydroxyl groups excluding tert-OH is 1. The number of nitrogens with zero attached hydrogens (tertiary/aromatic N) is 7. The van der Waals surface area contributed by atoms with Crippen molar-refractivity contribution in [3.8, 4) is 0 Å². The van der Waals surface area contributed by atoms with Crippen LogP contribution in [0.1, 0.15) is 60.1 Å². The van der Waals surface area contributed by atoms with Gasteiger partial charge in [-0.2, -0.15) is 5.10 Å². The van der Waals surface area contributed by atoms with Gasteiger partial charge in [0.1, 0.15) is 0 Å². The minimum Gasteiger partial charge on any atom is -0.432 e. The molecule has 14 nitrogen and oxygen atoms in total. The van der Waals surface area contributed by atoms with Gasteiger partial charge in [-0.3, -0.25) is 24.4 Å². The number of fused-ring (bicyclic) bond motifs is 2. The van der Waals surface area contributed by atoms with Crippen molar-refractivity contribution in [1.29, 1.82) is 0 Å². The Morgan fingerprint density at radius 3 is 2.36 bits per heavy atom. The van der Waals surface area contributed by atoms with Gasteiger partial charge in [-0.1, -0.05) is 84.9 Å². The highest BCUT2D eigenvalue weighted by molar-refractivity contribution is 6.71. The molecule has 1 fully saturated rings. The fourth-order valence-corrected chi connectivity index (χ4v) is 11.6. The number of amides is 2. The summed E-state index contributed by atoms with van der Waals surface area (Å²) < 4.78 is 8.61. The lowest BCUT2D eigenvalue weighted by Gasteiger charge is -2.32. The highest BCUT2D eigenvalue weighted by atomic mass is 28.4. The Hall–Kier alpha value is -5.87. The van der Waals surface area contributed by atoms with E-state index in [2.05, 4.69) is 15.4 Å². The van der Waals surface area contributed by atoms with E-state index in [1.54, 1.807) is 34.0 Å². The summed E-state index contributed by atoms with van der Waals surface area (Å²) in [6, 6.07) is 31.1. The Kier molecular flexibility index (Phi) is 10.4. The molecular formula is C43H45N7O7Si. The molecule has 15 heteroatoms. The molecule has 0 bridgehead atoms. The second-order valence-corrected chi connectivity index (χ2v) is 19.8. The van der Waals surface area contributed by atoms with Crippen molar-refractivity contribution in [2.45, 2.75) is 75.5 Å². The molecule has 8 rings (SSSR count). The molecule has 2 N–H and O–H groups in total. The number of hydrazone groups is 1. The molecule has 3 aliphatic rings. The number of rotatable bonds is 12. The first-order valence-electron chi connectivity index (χ1n) is 19.5. The van der Waals surface area contributed by atoms with Crippen LogP contribution in [0.25, 0.3) is 0 Å². The second kappa shape index (κ2) is 15.5. The van der Waals surface area contributed by atoms with Gasteiger partial charge in [-0.25, -0.2) is 5.01 Å². The molecule has 5 aromatic rings. The quantitative estimate of drug-likeness (QED) is 0.0836. The van der Waals surface area contributed by atoms with E-state index in [1.165, 1.54) is 17.1 Å². The van der Waals surface area contributed by atoms with Crippen LogP contribution >= 0.6 is 0 Å². The molecule has 1 spiro atoms. The number of aliphatic hydroxyl groups is 1. The van der Waals surface area contributed by atoms with Gasteiger partial charge >= 0.3 is 0 Å². The van der Waals surface area contributed by atoms with Crippen molar-refractivity contribution >= 4 is 42.9 Å². The fourth-order valence-electron chi connectivity index (χ4n) is 9.02. The molecule has 0 saturated carbocycles. The molecule has 4 heterocycles. The first-order chi connectivity index (χ1) is 27.9. The van der Waals surface area contributed by atoms with Crippen LogP contribution in [0.4, 0.5) is 17.1 Å². The molecule has 5 atom stereocenters. The number of anilines is 2. The largest absolute Gasteiger partial charge is 0.432 e. The highest BCUT2D eigenvalue weighted by Gasteiger charge is 2.66. The predicted molar refractivity (Wildman–Crippen MR) is 220 cm³/mol. The number of hydrogen-bond acceptors (Lipinski definition) is 10. The molecule has 1 unspecified atom stereocenters. The van der Waals surface area contributed by atoms with E-state index in [-0.39, 0.29) is 36.6 Å². The third-order valence-electron chi connectivity index (χ3n) is 11.8. The van der Waals surface area contributed by atoms with E-state index in [9.17, 15) is 29.6 Å². The van der Waals surface area contributed by atoms with Crippen LogP contribution in [-0.4, -0.2) is 68.4 Å². The first-order valence-corrected chi connectivity index (χ1v) is 22.5. The van der Waals surface area contributed by atoms with Crippen molar-refractivity contribution in [2.75, 3.05) is 16.5 Å². The third kappa shape index (κ3) is 7.04. The van der Waals surface area contributed by atoms with Crippen molar-refractivity contribution in [2.24, 2.45) is 11.0 Å². The number of benzene rings is 4. The Labute approximate surface area is 336 Å². The third-order valence-corrected chi connectivity index (χ3v) is 14.3. The van der Waals surface area contributed by atoms with Gasteiger partial charge in [-0.05, 0) is 54.4 Å². The van der Waals surface area contributed by atoms with Gasteiger partial charge in [0.25, 0.3) is 11.6 Å². The summed E-state index contributed by atoms with van der Waals surface area (Å²) in [6.07, 6.45) is 2.47. The maximum absolute atomic E-state index is 15.0. The number of aryl methyl sites for hydroxylation is 1. The Morgan fingerprint density at radius 1 is 0.983 bits per heavy atom. The second-order valence-electron chi connectivity index (χ2n) is 15.8. The lowest BCUT2D eigenvalue weighted by Crippen LogP contribution is -2.46. The Balaban J connectivity index is 1.07. The minimum absolute atomic E-state index is 0.114. The lowest BCUT2D eigenvalue weighted by atomic mass is 9.82. The van der Waals surface area contributed by atoms with Crippen LogP contribution in [0.5, 0.6) is 0 Å². The molecule has 2 amide bonds. The standard InChI is InChI=1S/C43H45N7O7Si/c1-28-41(58(2,3)56)39(22-23-47-26-37(44-46-47)34(27-51)30-10-6-4-7-11-30)57-43(28)35-24-33(50(54)55)18-20-38(35)48(42(43)53)25-29-14-16-32(17-15-29)49-40(52)21-19-36(45-49)31-12-8-5-9-13-31/h4-18,20,24,26,28,34,39,41,51,56H,19,21-23,25,27H2,1-3H3/t28-,34?,39+,41-,43+/m0/s1. The van der Waals surface area contributed by atoms with Crippen molar-refractivity contribution in [3.05, 3.63) is 147 Å². The topological polar surface area (TPSA) is 177 Å². The molecule has 0 aliphatic carbocycles. The molecule has 0 radical (unpaired) electrons. The van der Waals surface area contributed by atoms with E-state index in [1.807, 2.05) is 92.8 Å². The van der Waals surface area contributed by atoms with Crippen LogP contribution < -0.4 is 9.91 Å². The Bertz CT molecular complexity index is 2370. The van der Waals surface area contributed by atoms with Crippen molar-refractivity contribution in [1.82, 2.24) is 15.0 Å². The number of ether oxygens (including phenoxy) is 1. The van der Waals surface area contributed by atoms with E-state index in [4.69, 9.17) is 4.74 Å². The molecule has 3 aliphatic heterocycles. The molecule has 58 heavy (non-hydrogen) atoms. The summed E-state index contributed by atoms with van der Waals surface area (Å²) in [4.78, 5) is 53.0. The molecule has 298 valence electrons. The van der Waals surface area contributed by atoms with Gasteiger partial charge in [-0.15, -0.1) is 5.10 Å². The summed E-state index contributed by atoms with van der Waals surface area (Å²) in [5, 5.41) is 37.1. The molecular weight excluding hydrogens is 755 g/mol. The van der Waals surface area contributed by atoms with Crippen LogP contribution in [0.2, 0.25) is 18.6 Å².